The zero-order chi connectivity index (χ0) is 10.1. The molecule has 2 aliphatic rings. The van der Waals surface area contributed by atoms with Crippen LogP contribution >= 0.6 is 0 Å². The van der Waals surface area contributed by atoms with Crippen LogP contribution in [0.15, 0.2) is 18.2 Å². The van der Waals surface area contributed by atoms with Crippen LogP contribution in [0.1, 0.15) is 5.56 Å². The summed E-state index contributed by atoms with van der Waals surface area (Å²) >= 11 is 0. The Labute approximate surface area is 72.9 Å². The highest BCUT2D eigenvalue weighted by Gasteiger charge is 2.38. The molecule has 0 saturated carbocycles. The van der Waals surface area contributed by atoms with Crippen LogP contribution in [0.5, 0.6) is 0 Å². The van der Waals surface area contributed by atoms with Gasteiger partial charge in [0.2, 0.25) is 0 Å². The highest BCUT2D eigenvalue weighted by Crippen LogP contribution is 2.45. The maximum Gasteiger partial charge on any atom is 0.432 e. The van der Waals surface area contributed by atoms with Crippen molar-refractivity contribution in [3.63, 3.8) is 0 Å². The highest BCUT2D eigenvalue weighted by molar-refractivity contribution is 6.13. The molecule has 13 heavy (non-hydrogen) atoms. The predicted octanol–water partition coefficient (Wildman–Crippen LogP) is 0.923. The van der Waals surface area contributed by atoms with Crippen LogP contribution < -0.4 is 0 Å². The van der Waals surface area contributed by atoms with Gasteiger partial charge in [-0.3, -0.25) is 0 Å². The Bertz CT molecular complexity index is 311. The van der Waals surface area contributed by atoms with Crippen molar-refractivity contribution in [1.82, 2.24) is 0 Å². The molecule has 0 bridgehead atoms. The van der Waals surface area contributed by atoms with E-state index in [-0.39, 0.29) is 0 Å². The molecule has 2 N–H and O–H groups in total. The van der Waals surface area contributed by atoms with Gasteiger partial charge in [0.25, 0.3) is 0 Å². The second-order valence-electron chi connectivity index (χ2n) is 2.40. The Balaban J connectivity index is 0.000000251. The zero-order valence-electron chi connectivity index (χ0n) is 6.47. The molecule has 0 heterocycles. The van der Waals surface area contributed by atoms with E-state index in [2.05, 4.69) is 0 Å². The van der Waals surface area contributed by atoms with Crippen molar-refractivity contribution in [3.05, 3.63) is 23.8 Å². The van der Waals surface area contributed by atoms with E-state index in [1.54, 1.807) is 6.07 Å². The van der Waals surface area contributed by atoms with Crippen LogP contribution in [-0.2, 0) is 6.18 Å². The second kappa shape index (κ2) is 3.39. The van der Waals surface area contributed by atoms with Crippen molar-refractivity contribution in [2.75, 3.05) is 0 Å². The molecule has 0 fully saturated rings. The van der Waals surface area contributed by atoms with Gasteiger partial charge in [-0.05, 0) is 17.2 Å². The summed E-state index contributed by atoms with van der Waals surface area (Å²) < 4.78 is 35.5. The molecule has 2 rings (SSSR count). The smallest absolute Gasteiger partial charge is 0.430 e. The molecule has 0 aliphatic heterocycles. The van der Waals surface area contributed by atoms with Crippen molar-refractivity contribution in [1.29, 1.82) is 0 Å². The number of fused-ring (bicyclic) bond motifs is 1. The predicted molar refractivity (Wildman–Crippen MR) is 42.0 cm³/mol. The summed E-state index contributed by atoms with van der Waals surface area (Å²) in [5.74, 6) is 0. The first-order valence-corrected chi connectivity index (χ1v) is 3.44. The average molecular weight is 190 g/mol. The molecular formula is C7H6BF3O2. The molecule has 0 aromatic rings. The van der Waals surface area contributed by atoms with Crippen LogP contribution in [0, 0.1) is 0 Å². The molecule has 0 atom stereocenters. The third kappa shape index (κ3) is 1.84. The highest BCUT2D eigenvalue weighted by atomic mass is 19.4. The van der Waals surface area contributed by atoms with Crippen LogP contribution in [0.2, 0.25) is 0 Å². The summed E-state index contributed by atoms with van der Waals surface area (Å²) in [4.78, 5) is 0. The van der Waals surface area contributed by atoms with E-state index >= 15 is 0 Å². The summed E-state index contributed by atoms with van der Waals surface area (Å²) in [6, 6.07) is 4.32. The van der Waals surface area contributed by atoms with Crippen LogP contribution in [0.3, 0.4) is 0 Å². The first-order chi connectivity index (χ1) is 6.00. The third-order valence-corrected chi connectivity index (χ3v) is 1.64. The van der Waals surface area contributed by atoms with Gasteiger partial charge in [0.15, 0.2) is 0 Å². The molecule has 6 heteroatoms. The number of hydrogen-bond acceptors (Lipinski definition) is 2. The monoisotopic (exact) mass is 190 g/mol. The number of alkyl halides is 3. The van der Waals surface area contributed by atoms with E-state index in [1.165, 1.54) is 6.07 Å². The van der Waals surface area contributed by atoms with E-state index in [0.29, 0.717) is 5.56 Å². The van der Waals surface area contributed by atoms with Crippen molar-refractivity contribution >= 4 is 7.69 Å². The quantitative estimate of drug-likeness (QED) is 0.606. The summed E-state index contributed by atoms with van der Waals surface area (Å²) in [6.07, 6.45) is -4.15. The molecule has 70 valence electrons. The topological polar surface area (TPSA) is 40.5 Å². The number of hydrogen-bond donors (Lipinski definition) is 2. The maximum atomic E-state index is 11.8. The molecular weight excluding hydrogens is 184 g/mol. The van der Waals surface area contributed by atoms with Crippen molar-refractivity contribution in [2.24, 2.45) is 0 Å². The maximum absolute atomic E-state index is 11.8. The fourth-order valence-electron chi connectivity index (χ4n) is 1.02. The largest absolute Gasteiger partial charge is 0.432 e. The van der Waals surface area contributed by atoms with Gasteiger partial charge in [-0.2, -0.15) is 13.2 Å². The lowest BCUT2D eigenvalue weighted by atomic mass is 9.86. The number of halogens is 3. The zero-order valence-corrected chi connectivity index (χ0v) is 6.47. The molecule has 0 saturated heterocycles. The number of rotatable bonds is 0. The first kappa shape index (κ1) is 10.1. The molecule has 0 radical (unpaired) electrons. The normalized spacial score (nSPS) is 11.5. The van der Waals surface area contributed by atoms with Crippen molar-refractivity contribution in [2.45, 2.75) is 6.18 Å². The van der Waals surface area contributed by atoms with Gasteiger partial charge >= 0.3 is 13.9 Å². The fraction of sp³-hybridized carbons (Fsp3) is 0.143. The molecule has 2 nitrogen and oxygen atoms in total. The minimum atomic E-state index is -4.15. The third-order valence-electron chi connectivity index (χ3n) is 1.64. The summed E-state index contributed by atoms with van der Waals surface area (Å²) in [7, 11) is -0.750. The summed E-state index contributed by atoms with van der Waals surface area (Å²) in [5, 5.41) is 14.2. The number of benzene rings is 1. The van der Waals surface area contributed by atoms with Crippen LogP contribution in [-0.4, -0.2) is 17.7 Å². The van der Waals surface area contributed by atoms with Gasteiger partial charge in [-0.1, -0.05) is 12.1 Å². The Morgan fingerprint density at radius 2 is 1.69 bits per heavy atom. The lowest BCUT2D eigenvalue weighted by Crippen LogP contribution is -2.12. The first-order valence-electron chi connectivity index (χ1n) is 3.44. The van der Waals surface area contributed by atoms with Gasteiger partial charge in [0.05, 0.1) is 5.56 Å². The SMILES string of the molecule is FC(F)(F)c1cc2ccc1-2.OBO. The van der Waals surface area contributed by atoms with Crippen LogP contribution in [0.4, 0.5) is 13.2 Å². The minimum Gasteiger partial charge on any atom is -0.430 e. The van der Waals surface area contributed by atoms with Gasteiger partial charge in [-0.15, -0.1) is 0 Å². The Morgan fingerprint density at radius 1 is 1.15 bits per heavy atom. The molecule has 0 aromatic carbocycles. The average Bonchev–Trinajstić information content (AvgIpc) is 1.94. The molecule has 0 spiro atoms. The van der Waals surface area contributed by atoms with Gasteiger partial charge < -0.3 is 10.0 Å². The van der Waals surface area contributed by atoms with E-state index in [9.17, 15) is 13.2 Å². The minimum absolute atomic E-state index is 0.368. The fourth-order valence-corrected chi connectivity index (χ4v) is 1.02. The van der Waals surface area contributed by atoms with Gasteiger partial charge in [0.1, 0.15) is 0 Å². The van der Waals surface area contributed by atoms with E-state index in [1.807, 2.05) is 0 Å². The van der Waals surface area contributed by atoms with E-state index < -0.39 is 19.4 Å². The standard InChI is InChI=1S/C7H3F3.BH3O2/c8-7(9,10)6-3-4-1-2-5(4)6;2-1-3/h1-3H;1-3H. The summed E-state index contributed by atoms with van der Waals surface area (Å²) in [5.41, 5.74) is 0.616. The van der Waals surface area contributed by atoms with Crippen molar-refractivity contribution < 1.29 is 23.2 Å². The second-order valence-corrected chi connectivity index (χ2v) is 2.40. The lowest BCUT2D eigenvalue weighted by molar-refractivity contribution is -0.137. The summed E-state index contributed by atoms with van der Waals surface area (Å²) in [6.45, 7) is 0. The van der Waals surface area contributed by atoms with Gasteiger partial charge in [0, 0.05) is 0 Å². The molecule has 0 aromatic heterocycles. The van der Waals surface area contributed by atoms with Crippen LogP contribution in [0.25, 0.3) is 11.1 Å². The molecule has 0 unspecified atom stereocenters. The Hall–Kier alpha value is -1.01. The van der Waals surface area contributed by atoms with Gasteiger partial charge in [-0.25, -0.2) is 0 Å². The Kier molecular flexibility index (Phi) is 2.63. The van der Waals surface area contributed by atoms with E-state index in [0.717, 1.165) is 11.6 Å². The molecule has 2 aliphatic carbocycles. The lowest BCUT2D eigenvalue weighted by Gasteiger charge is -2.22. The molecule has 0 amide bonds. The Morgan fingerprint density at radius 3 is 1.77 bits per heavy atom. The van der Waals surface area contributed by atoms with E-state index in [4.69, 9.17) is 10.0 Å². The van der Waals surface area contributed by atoms with Crippen molar-refractivity contribution in [3.8, 4) is 11.1 Å².